The van der Waals surface area contributed by atoms with Crippen molar-refractivity contribution in [2.45, 2.75) is 13.0 Å². The van der Waals surface area contributed by atoms with Crippen LogP contribution >= 0.6 is 0 Å². The first-order valence-electron chi connectivity index (χ1n) is 11.0. The summed E-state index contributed by atoms with van der Waals surface area (Å²) in [7, 11) is 1.56. The molecule has 0 aliphatic carbocycles. The van der Waals surface area contributed by atoms with E-state index in [2.05, 4.69) is 15.3 Å². The van der Waals surface area contributed by atoms with Crippen LogP contribution in [0.25, 0.3) is 0 Å². The maximum Gasteiger partial charge on any atom is 0.252 e. The molecule has 0 atom stereocenters. The predicted octanol–water partition coefficient (Wildman–Crippen LogP) is 4.97. The number of amides is 1. The molecule has 8 heteroatoms. The van der Waals surface area contributed by atoms with Crippen LogP contribution in [0.3, 0.4) is 0 Å². The molecule has 0 radical (unpaired) electrons. The van der Waals surface area contributed by atoms with Crippen LogP contribution in [-0.2, 0) is 13.0 Å². The average Bonchev–Trinajstić information content (AvgIpc) is 2.89. The molecule has 2 heterocycles. The number of nitrogens with one attached hydrogen (secondary N) is 1. The Balaban J connectivity index is 1.24. The summed E-state index contributed by atoms with van der Waals surface area (Å²) in [4.78, 5) is 20.7. The summed E-state index contributed by atoms with van der Waals surface area (Å²) in [6.45, 7) is 0.734. The summed E-state index contributed by atoms with van der Waals surface area (Å²) in [6.07, 6.45) is 3.80. The lowest BCUT2D eigenvalue weighted by Gasteiger charge is -2.09. The van der Waals surface area contributed by atoms with Crippen molar-refractivity contribution in [3.05, 3.63) is 108 Å². The highest BCUT2D eigenvalue weighted by atomic mass is 19.1. The molecule has 0 spiro atoms. The van der Waals surface area contributed by atoms with Gasteiger partial charge in [-0.05, 0) is 66.1 Å². The Kier molecular flexibility index (Phi) is 7.85. The molecule has 0 bridgehead atoms. The summed E-state index contributed by atoms with van der Waals surface area (Å²) < 4.78 is 29.8. The van der Waals surface area contributed by atoms with Gasteiger partial charge in [-0.1, -0.05) is 12.1 Å². The summed E-state index contributed by atoms with van der Waals surface area (Å²) in [6, 6.07) is 20.3. The van der Waals surface area contributed by atoms with Crippen LogP contribution in [0.5, 0.6) is 23.3 Å². The smallest absolute Gasteiger partial charge is 0.252 e. The van der Waals surface area contributed by atoms with Crippen molar-refractivity contribution in [2.24, 2.45) is 0 Å². The first-order valence-corrected chi connectivity index (χ1v) is 11.0. The topological polar surface area (TPSA) is 82.6 Å². The quantitative estimate of drug-likeness (QED) is 0.350. The molecule has 1 amide bonds. The number of halogens is 1. The molecule has 0 saturated carbocycles. The van der Waals surface area contributed by atoms with Crippen molar-refractivity contribution in [3.63, 3.8) is 0 Å². The number of hydrogen-bond acceptors (Lipinski definition) is 6. The van der Waals surface area contributed by atoms with E-state index >= 15 is 0 Å². The first-order chi connectivity index (χ1) is 17.1. The Morgan fingerprint density at radius 1 is 0.914 bits per heavy atom. The van der Waals surface area contributed by atoms with Crippen molar-refractivity contribution in [2.75, 3.05) is 13.7 Å². The minimum atomic E-state index is -0.295. The van der Waals surface area contributed by atoms with E-state index in [-0.39, 0.29) is 18.3 Å². The number of carbonyl (C=O) groups excluding carboxylic acids is 1. The maximum absolute atomic E-state index is 13.3. The Morgan fingerprint density at radius 2 is 1.74 bits per heavy atom. The fourth-order valence-electron chi connectivity index (χ4n) is 3.23. The highest BCUT2D eigenvalue weighted by molar-refractivity contribution is 5.93. The van der Waals surface area contributed by atoms with E-state index in [1.165, 1.54) is 18.3 Å². The molecule has 2 aromatic heterocycles. The molecular weight excluding hydrogens is 449 g/mol. The van der Waals surface area contributed by atoms with Gasteiger partial charge in [-0.3, -0.25) is 4.79 Å². The van der Waals surface area contributed by atoms with Gasteiger partial charge in [-0.15, -0.1) is 0 Å². The van der Waals surface area contributed by atoms with Crippen molar-refractivity contribution in [3.8, 4) is 23.3 Å². The van der Waals surface area contributed by atoms with Crippen molar-refractivity contribution in [1.29, 1.82) is 0 Å². The van der Waals surface area contributed by atoms with Crippen molar-refractivity contribution < 1.29 is 23.4 Å². The highest BCUT2D eigenvalue weighted by Crippen LogP contribution is 2.23. The van der Waals surface area contributed by atoms with Gasteiger partial charge in [-0.2, -0.15) is 0 Å². The number of aromatic nitrogens is 2. The van der Waals surface area contributed by atoms with Gasteiger partial charge < -0.3 is 19.5 Å². The third-order valence-corrected chi connectivity index (χ3v) is 5.05. The van der Waals surface area contributed by atoms with Gasteiger partial charge in [0.2, 0.25) is 11.8 Å². The zero-order valence-corrected chi connectivity index (χ0v) is 19.1. The van der Waals surface area contributed by atoms with E-state index in [4.69, 9.17) is 14.2 Å². The lowest BCUT2D eigenvalue weighted by molar-refractivity contribution is 0.0953. The number of nitrogens with zero attached hydrogens (tertiary/aromatic N) is 2. The maximum atomic E-state index is 13.3. The van der Waals surface area contributed by atoms with Crippen LogP contribution in [0, 0.1) is 5.82 Å². The van der Waals surface area contributed by atoms with E-state index < -0.39 is 0 Å². The third kappa shape index (κ3) is 7.01. The van der Waals surface area contributed by atoms with E-state index in [9.17, 15) is 9.18 Å². The van der Waals surface area contributed by atoms with Crippen molar-refractivity contribution >= 4 is 5.91 Å². The number of benzene rings is 2. The molecule has 4 rings (SSSR count). The lowest BCUT2D eigenvalue weighted by Crippen LogP contribution is -2.25. The van der Waals surface area contributed by atoms with Gasteiger partial charge in [-0.25, -0.2) is 14.4 Å². The molecule has 4 aromatic rings. The molecule has 2 aromatic carbocycles. The average molecular weight is 474 g/mol. The fourth-order valence-corrected chi connectivity index (χ4v) is 3.23. The Bertz CT molecular complexity index is 1260. The van der Waals surface area contributed by atoms with Gasteiger partial charge >= 0.3 is 0 Å². The molecule has 0 saturated heterocycles. The van der Waals surface area contributed by atoms with Gasteiger partial charge in [0.05, 0.1) is 12.7 Å². The number of rotatable bonds is 10. The van der Waals surface area contributed by atoms with E-state index in [1.54, 1.807) is 61.8 Å². The van der Waals surface area contributed by atoms with Crippen LogP contribution in [0.4, 0.5) is 4.39 Å². The van der Waals surface area contributed by atoms with Gasteiger partial charge in [0.15, 0.2) is 0 Å². The minimum absolute atomic E-state index is 0.218. The molecule has 0 aliphatic heterocycles. The monoisotopic (exact) mass is 473 g/mol. The molecule has 0 aliphatic rings. The minimum Gasteiger partial charge on any atom is -0.489 e. The zero-order chi connectivity index (χ0) is 24.5. The van der Waals surface area contributed by atoms with Crippen LogP contribution < -0.4 is 19.5 Å². The summed E-state index contributed by atoms with van der Waals surface area (Å²) in [5.74, 6) is 1.59. The summed E-state index contributed by atoms with van der Waals surface area (Å²) >= 11 is 0. The first kappa shape index (κ1) is 23.7. The van der Waals surface area contributed by atoms with Gasteiger partial charge in [0, 0.05) is 31.1 Å². The molecule has 0 unspecified atom stereocenters. The van der Waals surface area contributed by atoms with Crippen LogP contribution in [0.15, 0.2) is 85.2 Å². The second kappa shape index (κ2) is 11.6. The molecule has 35 heavy (non-hydrogen) atoms. The lowest BCUT2D eigenvalue weighted by atomic mass is 10.2. The summed E-state index contributed by atoms with van der Waals surface area (Å²) in [5.41, 5.74) is 2.20. The fraction of sp³-hybridized carbons (Fsp3) is 0.148. The molecule has 1 N–H and O–H groups in total. The normalized spacial score (nSPS) is 10.5. The highest BCUT2D eigenvalue weighted by Gasteiger charge is 2.08. The standard InChI is InChI=1S/C27H24FN3O4/c1-33-26-16-19(11-13-29-26)12-14-30-27(32)21-5-10-25(31-17-21)35-24-8-6-23(7-9-24)34-18-20-3-2-4-22(28)15-20/h2-11,13,15-17H,12,14,18H2,1H3,(H,30,32). The van der Waals surface area contributed by atoms with E-state index in [0.717, 1.165) is 11.1 Å². The van der Waals surface area contributed by atoms with Crippen LogP contribution in [0.1, 0.15) is 21.5 Å². The largest absolute Gasteiger partial charge is 0.489 e. The van der Waals surface area contributed by atoms with Crippen LogP contribution in [-0.4, -0.2) is 29.5 Å². The number of hydrogen-bond donors (Lipinski definition) is 1. The van der Waals surface area contributed by atoms with Gasteiger partial charge in [0.25, 0.3) is 5.91 Å². The third-order valence-electron chi connectivity index (χ3n) is 5.05. The number of carbonyl (C=O) groups is 1. The zero-order valence-electron chi connectivity index (χ0n) is 19.1. The Morgan fingerprint density at radius 3 is 2.49 bits per heavy atom. The Hall–Kier alpha value is -4.46. The van der Waals surface area contributed by atoms with Gasteiger partial charge in [0.1, 0.15) is 23.9 Å². The second-order valence-electron chi connectivity index (χ2n) is 7.59. The van der Waals surface area contributed by atoms with Crippen LogP contribution in [0.2, 0.25) is 0 Å². The SMILES string of the molecule is COc1cc(CCNC(=O)c2ccc(Oc3ccc(OCc4cccc(F)c4)cc3)nc2)ccn1. The Labute approximate surface area is 202 Å². The number of ether oxygens (including phenoxy) is 3. The van der Waals surface area contributed by atoms with Crippen molar-refractivity contribution in [1.82, 2.24) is 15.3 Å². The second-order valence-corrected chi connectivity index (χ2v) is 7.59. The number of methoxy groups -OCH3 is 1. The molecule has 0 fully saturated rings. The van der Waals surface area contributed by atoms with E-state index in [1.807, 2.05) is 12.1 Å². The summed E-state index contributed by atoms with van der Waals surface area (Å²) in [5, 5.41) is 2.87. The van der Waals surface area contributed by atoms with E-state index in [0.29, 0.717) is 41.8 Å². The molecular formula is C27H24FN3O4. The molecule has 7 nitrogen and oxygen atoms in total. The number of pyridine rings is 2. The molecule has 178 valence electrons. The predicted molar refractivity (Wildman–Crippen MR) is 128 cm³/mol.